The lowest BCUT2D eigenvalue weighted by Crippen LogP contribution is -2.18. The standard InChI is InChI=1S/C12H14ClNO4/c1-3-8(2)11(15)7-18-12-6-9(13)4-5-10(12)14(16)17/h4-6,8H,3,7H2,1-2H3. The van der Waals surface area contributed by atoms with Gasteiger partial charge in [-0.15, -0.1) is 0 Å². The molecule has 1 aromatic rings. The van der Waals surface area contributed by atoms with Crippen LogP contribution in [0.5, 0.6) is 5.75 Å². The molecule has 1 aromatic carbocycles. The Labute approximate surface area is 110 Å². The van der Waals surface area contributed by atoms with Crippen molar-refractivity contribution in [2.45, 2.75) is 20.3 Å². The summed E-state index contributed by atoms with van der Waals surface area (Å²) in [5.74, 6) is -0.195. The van der Waals surface area contributed by atoms with Crippen molar-refractivity contribution in [3.8, 4) is 5.75 Å². The van der Waals surface area contributed by atoms with Crippen LogP contribution in [0.4, 0.5) is 5.69 Å². The highest BCUT2D eigenvalue weighted by Crippen LogP contribution is 2.29. The number of ketones is 1. The molecule has 98 valence electrons. The molecule has 1 rings (SSSR count). The van der Waals surface area contributed by atoms with Crippen molar-refractivity contribution in [3.63, 3.8) is 0 Å². The van der Waals surface area contributed by atoms with E-state index >= 15 is 0 Å². The first-order chi connectivity index (χ1) is 8.45. The number of benzene rings is 1. The van der Waals surface area contributed by atoms with Gasteiger partial charge in [-0.1, -0.05) is 25.4 Å². The molecule has 0 amide bonds. The van der Waals surface area contributed by atoms with E-state index in [1.807, 2.05) is 6.92 Å². The number of nitro groups is 1. The smallest absolute Gasteiger partial charge is 0.311 e. The van der Waals surface area contributed by atoms with Gasteiger partial charge in [-0.2, -0.15) is 0 Å². The second-order valence-electron chi connectivity index (χ2n) is 3.93. The second kappa shape index (κ2) is 6.35. The van der Waals surface area contributed by atoms with E-state index in [0.717, 1.165) is 0 Å². The molecule has 0 aliphatic rings. The van der Waals surface area contributed by atoms with Gasteiger partial charge in [0.1, 0.15) is 6.61 Å². The second-order valence-corrected chi connectivity index (χ2v) is 4.37. The molecule has 0 aliphatic carbocycles. The van der Waals surface area contributed by atoms with Crippen molar-refractivity contribution in [2.24, 2.45) is 5.92 Å². The summed E-state index contributed by atoms with van der Waals surface area (Å²) < 4.78 is 5.19. The fourth-order valence-electron chi connectivity index (χ4n) is 1.27. The van der Waals surface area contributed by atoms with E-state index in [4.69, 9.17) is 16.3 Å². The molecule has 0 bridgehead atoms. The van der Waals surface area contributed by atoms with Crippen molar-refractivity contribution in [3.05, 3.63) is 33.3 Å². The summed E-state index contributed by atoms with van der Waals surface area (Å²) in [6.45, 7) is 3.50. The summed E-state index contributed by atoms with van der Waals surface area (Å²) in [6.07, 6.45) is 0.708. The highest BCUT2D eigenvalue weighted by atomic mass is 35.5. The summed E-state index contributed by atoms with van der Waals surface area (Å²) in [4.78, 5) is 21.8. The van der Waals surface area contributed by atoms with Crippen molar-refractivity contribution >= 4 is 23.1 Å². The molecule has 1 atom stereocenters. The highest BCUT2D eigenvalue weighted by Gasteiger charge is 2.18. The van der Waals surface area contributed by atoms with Crippen molar-refractivity contribution in [1.82, 2.24) is 0 Å². The minimum absolute atomic E-state index is 0.0177. The summed E-state index contributed by atoms with van der Waals surface area (Å²) >= 11 is 5.74. The van der Waals surface area contributed by atoms with E-state index in [-0.39, 0.29) is 29.7 Å². The van der Waals surface area contributed by atoms with Crippen molar-refractivity contribution in [1.29, 1.82) is 0 Å². The van der Waals surface area contributed by atoms with Gasteiger partial charge in [-0.05, 0) is 12.5 Å². The van der Waals surface area contributed by atoms with Gasteiger partial charge >= 0.3 is 5.69 Å². The average molecular weight is 272 g/mol. The number of carbonyl (C=O) groups is 1. The van der Waals surface area contributed by atoms with Gasteiger partial charge in [0.25, 0.3) is 0 Å². The number of rotatable bonds is 6. The van der Waals surface area contributed by atoms with Crippen LogP contribution < -0.4 is 4.74 Å². The minimum atomic E-state index is -0.570. The summed E-state index contributed by atoms with van der Waals surface area (Å²) in [5.41, 5.74) is -0.198. The van der Waals surface area contributed by atoms with Crippen LogP contribution in [0.15, 0.2) is 18.2 Å². The zero-order valence-corrected chi connectivity index (χ0v) is 10.9. The maximum absolute atomic E-state index is 11.6. The average Bonchev–Trinajstić information content (AvgIpc) is 2.34. The number of halogens is 1. The lowest BCUT2D eigenvalue weighted by atomic mass is 10.0. The van der Waals surface area contributed by atoms with Crippen LogP contribution in [0.3, 0.4) is 0 Å². The van der Waals surface area contributed by atoms with E-state index in [1.165, 1.54) is 18.2 Å². The number of Topliss-reactive ketones (excluding diaryl/α,β-unsaturated/α-hetero) is 1. The third-order valence-corrected chi connectivity index (χ3v) is 2.89. The molecule has 0 N–H and O–H groups in total. The Balaban J connectivity index is 2.81. The van der Waals surface area contributed by atoms with Gasteiger partial charge in [0.05, 0.1) is 4.92 Å². The normalized spacial score (nSPS) is 11.9. The van der Waals surface area contributed by atoms with Crippen LogP contribution in [-0.4, -0.2) is 17.3 Å². The number of nitro benzene ring substituents is 1. The Morgan fingerprint density at radius 1 is 1.56 bits per heavy atom. The fraction of sp³-hybridized carbons (Fsp3) is 0.417. The first-order valence-electron chi connectivity index (χ1n) is 5.55. The topological polar surface area (TPSA) is 69.4 Å². The van der Waals surface area contributed by atoms with Crippen LogP contribution in [0.25, 0.3) is 0 Å². The molecular weight excluding hydrogens is 258 g/mol. The number of hydrogen-bond acceptors (Lipinski definition) is 4. The maximum atomic E-state index is 11.6. The predicted molar refractivity (Wildman–Crippen MR) is 68.1 cm³/mol. The first-order valence-corrected chi connectivity index (χ1v) is 5.93. The molecule has 0 aromatic heterocycles. The number of carbonyl (C=O) groups excluding carboxylic acids is 1. The minimum Gasteiger partial charge on any atom is -0.479 e. The van der Waals surface area contributed by atoms with Gasteiger partial charge in [0.2, 0.25) is 0 Å². The van der Waals surface area contributed by atoms with Crippen molar-refractivity contribution < 1.29 is 14.5 Å². The van der Waals surface area contributed by atoms with Crippen LogP contribution in [-0.2, 0) is 4.79 Å². The maximum Gasteiger partial charge on any atom is 0.311 e. The van der Waals surface area contributed by atoms with Gasteiger partial charge in [0.15, 0.2) is 11.5 Å². The summed E-state index contributed by atoms with van der Waals surface area (Å²) in [5, 5.41) is 11.1. The third-order valence-electron chi connectivity index (χ3n) is 2.65. The van der Waals surface area contributed by atoms with E-state index in [1.54, 1.807) is 6.92 Å². The number of nitrogens with zero attached hydrogens (tertiary/aromatic N) is 1. The largest absolute Gasteiger partial charge is 0.479 e. The molecule has 6 heteroatoms. The summed E-state index contributed by atoms with van der Waals surface area (Å²) in [6, 6.07) is 4.00. The molecule has 5 nitrogen and oxygen atoms in total. The predicted octanol–water partition coefficient (Wildman–Crippen LogP) is 3.24. The van der Waals surface area contributed by atoms with Crippen LogP contribution >= 0.6 is 11.6 Å². The molecule has 18 heavy (non-hydrogen) atoms. The Bertz CT molecular complexity index is 461. The van der Waals surface area contributed by atoms with Gasteiger partial charge < -0.3 is 4.74 Å². The summed E-state index contributed by atoms with van der Waals surface area (Å²) in [7, 11) is 0. The molecule has 0 spiro atoms. The van der Waals surface area contributed by atoms with E-state index < -0.39 is 4.92 Å². The molecule has 0 radical (unpaired) electrons. The molecule has 0 fully saturated rings. The zero-order chi connectivity index (χ0) is 13.7. The SMILES string of the molecule is CCC(C)C(=O)COc1cc(Cl)ccc1[N+](=O)[O-]. The van der Waals surface area contributed by atoms with Crippen molar-refractivity contribution in [2.75, 3.05) is 6.61 Å². The third kappa shape index (κ3) is 3.70. The molecule has 0 aliphatic heterocycles. The Kier molecular flexibility index (Phi) is 5.09. The van der Waals surface area contributed by atoms with Crippen LogP contribution in [0.2, 0.25) is 5.02 Å². The fourth-order valence-corrected chi connectivity index (χ4v) is 1.44. The van der Waals surface area contributed by atoms with E-state index in [2.05, 4.69) is 0 Å². The Morgan fingerprint density at radius 2 is 2.22 bits per heavy atom. The molecular formula is C12H14ClNO4. The van der Waals surface area contributed by atoms with Gasteiger partial charge in [-0.3, -0.25) is 14.9 Å². The number of ether oxygens (including phenoxy) is 1. The lowest BCUT2D eigenvalue weighted by Gasteiger charge is -2.09. The lowest BCUT2D eigenvalue weighted by molar-refractivity contribution is -0.385. The molecule has 0 heterocycles. The van der Waals surface area contributed by atoms with Gasteiger partial charge in [-0.25, -0.2) is 0 Å². The van der Waals surface area contributed by atoms with E-state index in [9.17, 15) is 14.9 Å². The monoisotopic (exact) mass is 271 g/mol. The van der Waals surface area contributed by atoms with E-state index in [0.29, 0.717) is 11.4 Å². The first kappa shape index (κ1) is 14.4. The molecule has 0 saturated carbocycles. The Morgan fingerprint density at radius 3 is 2.78 bits per heavy atom. The quantitative estimate of drug-likeness (QED) is 0.588. The van der Waals surface area contributed by atoms with Crippen LogP contribution in [0.1, 0.15) is 20.3 Å². The highest BCUT2D eigenvalue weighted by molar-refractivity contribution is 6.30. The van der Waals surface area contributed by atoms with Crippen LogP contribution in [0, 0.1) is 16.0 Å². The molecule has 0 saturated heterocycles. The number of hydrogen-bond donors (Lipinski definition) is 0. The molecule has 1 unspecified atom stereocenters. The van der Waals surface area contributed by atoms with Gasteiger partial charge in [0, 0.05) is 23.1 Å². The zero-order valence-electron chi connectivity index (χ0n) is 10.2. The Hall–Kier alpha value is -1.62.